The van der Waals surface area contributed by atoms with Gasteiger partial charge in [-0.3, -0.25) is 19.2 Å². The molecule has 4 atom stereocenters. The molecule has 6 aliphatic rings. The van der Waals surface area contributed by atoms with Gasteiger partial charge in [-0.25, -0.2) is 0 Å². The summed E-state index contributed by atoms with van der Waals surface area (Å²) in [7, 11) is 0. The summed E-state index contributed by atoms with van der Waals surface area (Å²) in [6.45, 7) is 62.7. The van der Waals surface area contributed by atoms with Crippen molar-refractivity contribution in [3.8, 4) is 0 Å². The van der Waals surface area contributed by atoms with Gasteiger partial charge in [-0.15, -0.1) is 0 Å². The largest absolute Gasteiger partial charge is 0.393 e. The number of carbonyl (C=O) groups is 4. The standard InChI is InChI=1S/C40H52O4.C40H56O2.C40H52O2/c1-27(17-13-19-29(3)21-23-33-31(5)37(43)35(41)25-39(33,7)8)15-11-12-16-28(2)18-14-20-30(4)22-24-34-32(6)38(44)36(42)26-40(34,9)10;1-29(17-13-19-31(3)21-23-37-33(5)25-35(41)27-39(37,7)8)15-11-12-16-30(2)18-14-20-32(4)22-24-38-34(6)26-36(42)28-40(38,9)10;1-29(17-13-19-31(3)21-23-35-33(5)37(41)25-27-39(35,7)8)15-11-12-16-30(2)18-14-20-32(4)22-24-36-34(6)38(42)26-28-40(36,9)10/h11-24,35-36,41-42H,25-26H2,1-10H3;11-24,35-36,41-42H,25-28H2,1-10H3;11-24H,25-28H2,1-10H3/b12-11+,17-13+,18-14+,23-21+,24-22+,27-15+,28-16+,29-19+,30-20+;2*12-11+,17-13+,18-14+,23-21+,24-22+,29-15+,30-16+,31-19+,32-20+/t;35-,36-;/m.1./s1. The maximum atomic E-state index is 12.2. The van der Waals surface area contributed by atoms with Crippen LogP contribution < -0.4 is 0 Å². The third kappa shape index (κ3) is 37.9. The van der Waals surface area contributed by atoms with Crippen molar-refractivity contribution in [2.45, 2.75) is 296 Å². The molecule has 8 heteroatoms. The lowest BCUT2D eigenvalue weighted by Gasteiger charge is -2.35. The van der Waals surface area contributed by atoms with Gasteiger partial charge in [0, 0.05) is 12.8 Å². The van der Waals surface area contributed by atoms with Crippen LogP contribution in [0.3, 0.4) is 0 Å². The Balaban J connectivity index is 0.000000402. The van der Waals surface area contributed by atoms with Gasteiger partial charge >= 0.3 is 0 Å². The molecule has 8 nitrogen and oxygen atoms in total. The fourth-order valence-electron chi connectivity index (χ4n) is 17.0. The maximum Gasteiger partial charge on any atom is 0.187 e. The molecule has 0 aliphatic heterocycles. The van der Waals surface area contributed by atoms with Crippen molar-refractivity contribution in [1.29, 1.82) is 0 Å². The molecule has 6 rings (SSSR count). The zero-order chi connectivity index (χ0) is 96.2. The number of allylic oxidation sites excluding steroid dienone is 62. The van der Waals surface area contributed by atoms with E-state index in [0.29, 0.717) is 36.8 Å². The summed E-state index contributed by atoms with van der Waals surface area (Å²) in [4.78, 5) is 48.8. The summed E-state index contributed by atoms with van der Waals surface area (Å²) in [5.41, 5.74) is 26.0. The summed E-state index contributed by atoms with van der Waals surface area (Å²) >= 11 is 0. The first-order valence-corrected chi connectivity index (χ1v) is 46.1. The van der Waals surface area contributed by atoms with Gasteiger partial charge < -0.3 is 20.4 Å². The lowest BCUT2D eigenvalue weighted by atomic mass is 9.71. The molecule has 6 aliphatic carbocycles. The average molecular weight is 1730 g/mol. The van der Waals surface area contributed by atoms with Gasteiger partial charge in [0.2, 0.25) is 0 Å². The van der Waals surface area contributed by atoms with Crippen LogP contribution in [0.5, 0.6) is 0 Å². The van der Waals surface area contributed by atoms with Crippen LogP contribution in [0.4, 0.5) is 0 Å². The molecule has 0 aromatic carbocycles. The SMILES string of the molecule is CC1=C(/C=C/C(C)=C/C=C/C(C)=C/C=C/C=C(C)/C=C/C=C(C)/C=C/C2=C(C)C(=O)C(O)CC2(C)C)C(C)(C)CC(O)C1=O.CC1=C(/C=C/C(C)=C/C=C/C(C)=C/C=C/C=C(C)/C=C/C=C(C)/C=C/C2=C(C)C(=O)CCC2(C)C)C(C)(C)CCC1=O.CC1=C(/C=C/C(C)=C/C=C/C(C)=C/C=C/C=C(C)/C=C/C=C(C)/C=C/C2=C(C)C[C@@H](O)CC2(C)C)C(C)(C)C[C@H](O)C1. The van der Waals surface area contributed by atoms with Crippen molar-refractivity contribution in [1.82, 2.24) is 0 Å². The first-order chi connectivity index (χ1) is 59.7. The Morgan fingerprint density at radius 1 is 0.242 bits per heavy atom. The van der Waals surface area contributed by atoms with Crippen LogP contribution in [0.1, 0.15) is 272 Å². The highest BCUT2D eigenvalue weighted by atomic mass is 16.3. The van der Waals surface area contributed by atoms with E-state index >= 15 is 0 Å². The number of Topliss-reactive ketones (excluding diaryl/α,β-unsaturated/α-hetero) is 4. The Morgan fingerprint density at radius 3 is 0.633 bits per heavy atom. The van der Waals surface area contributed by atoms with E-state index < -0.39 is 12.2 Å². The minimum atomic E-state index is -0.907. The first-order valence-electron chi connectivity index (χ1n) is 46.1. The number of aliphatic hydroxyl groups is 4. The first kappa shape index (κ1) is 110. The predicted molar refractivity (Wildman–Crippen MR) is 551 cm³/mol. The zero-order valence-corrected chi connectivity index (χ0v) is 84.1. The smallest absolute Gasteiger partial charge is 0.187 e. The monoisotopic (exact) mass is 1730 g/mol. The number of ketones is 4. The Morgan fingerprint density at radius 2 is 0.422 bits per heavy atom. The molecule has 4 N–H and O–H groups in total. The highest BCUT2D eigenvalue weighted by molar-refractivity contribution is 6.01. The summed E-state index contributed by atoms with van der Waals surface area (Å²) in [6, 6.07) is 0. The van der Waals surface area contributed by atoms with Gasteiger partial charge in [0.25, 0.3) is 0 Å². The number of hydrogen-bond acceptors (Lipinski definition) is 8. The Bertz CT molecular complexity index is 4810. The van der Waals surface area contributed by atoms with Gasteiger partial charge in [0.15, 0.2) is 23.1 Å². The van der Waals surface area contributed by atoms with Gasteiger partial charge in [0.1, 0.15) is 12.2 Å². The summed E-state index contributed by atoms with van der Waals surface area (Å²) in [6.07, 6.45) is 92.5. The molecular weight excluding hydrogens is 1570 g/mol. The molecule has 0 amide bonds. The number of aliphatic hydroxyl groups excluding tert-OH is 4. The topological polar surface area (TPSA) is 149 Å². The maximum absolute atomic E-state index is 12.2. The molecule has 0 bridgehead atoms. The predicted octanol–water partition coefficient (Wildman–Crippen LogP) is 30.4. The zero-order valence-electron chi connectivity index (χ0n) is 84.1. The third-order valence-electron chi connectivity index (χ3n) is 24.9. The molecule has 0 saturated heterocycles. The van der Waals surface area contributed by atoms with Crippen LogP contribution in [0.2, 0.25) is 0 Å². The number of carbonyl (C=O) groups excluding carboxylic acids is 4. The Kier molecular flexibility index (Phi) is 44.8. The normalized spacial score (nSPS) is 23.7. The van der Waals surface area contributed by atoms with Crippen molar-refractivity contribution >= 4 is 23.1 Å². The van der Waals surface area contributed by atoms with E-state index in [1.165, 1.54) is 44.6 Å². The molecule has 0 spiro atoms. The third-order valence-corrected chi connectivity index (χ3v) is 24.9. The molecule has 0 aromatic heterocycles. The lowest BCUT2D eigenvalue weighted by molar-refractivity contribution is -0.126. The van der Waals surface area contributed by atoms with E-state index in [4.69, 9.17) is 0 Å². The average Bonchev–Trinajstić information content (AvgIpc) is 0.788. The van der Waals surface area contributed by atoms with E-state index in [0.717, 1.165) is 117 Å². The van der Waals surface area contributed by atoms with E-state index in [-0.39, 0.29) is 67.8 Å². The van der Waals surface area contributed by atoms with Crippen LogP contribution >= 0.6 is 0 Å². The highest BCUT2D eigenvalue weighted by Gasteiger charge is 2.39. The second-order valence-electron chi connectivity index (χ2n) is 40.2. The van der Waals surface area contributed by atoms with Crippen LogP contribution in [0, 0.1) is 32.5 Å². The molecular formula is C120H160O8. The minimum Gasteiger partial charge on any atom is -0.393 e. The molecule has 0 heterocycles. The quantitative estimate of drug-likeness (QED) is 0.0520. The van der Waals surface area contributed by atoms with Crippen LogP contribution in [-0.4, -0.2) is 68.0 Å². The van der Waals surface area contributed by atoms with Crippen LogP contribution in [-0.2, 0) is 19.2 Å². The van der Waals surface area contributed by atoms with Crippen molar-refractivity contribution in [2.75, 3.05) is 0 Å². The van der Waals surface area contributed by atoms with Gasteiger partial charge in [-0.1, -0.05) is 416 Å². The second-order valence-corrected chi connectivity index (χ2v) is 40.2. The number of hydrogen-bond donors (Lipinski definition) is 4. The molecule has 688 valence electrons. The van der Waals surface area contributed by atoms with Crippen LogP contribution in [0.15, 0.2) is 389 Å². The number of rotatable bonds is 30. The second kappa shape index (κ2) is 52.0. The van der Waals surface area contributed by atoms with E-state index in [2.05, 4.69) is 361 Å². The van der Waals surface area contributed by atoms with Gasteiger partial charge in [-0.05, 0) is 264 Å². The summed E-state index contributed by atoms with van der Waals surface area (Å²) in [5.74, 6) is 0.193. The van der Waals surface area contributed by atoms with Crippen molar-refractivity contribution in [3.63, 3.8) is 0 Å². The molecule has 0 saturated carbocycles. The van der Waals surface area contributed by atoms with E-state index in [1.54, 1.807) is 13.8 Å². The van der Waals surface area contributed by atoms with Gasteiger partial charge in [-0.2, -0.15) is 0 Å². The van der Waals surface area contributed by atoms with E-state index in [1.807, 2.05) is 88.5 Å². The fraction of sp³-hybridized carbons (Fsp3) is 0.417. The van der Waals surface area contributed by atoms with Crippen molar-refractivity contribution in [3.05, 3.63) is 389 Å². The molecule has 2 unspecified atom stereocenters. The van der Waals surface area contributed by atoms with Crippen LogP contribution in [0.25, 0.3) is 0 Å². The lowest BCUT2D eigenvalue weighted by Crippen LogP contribution is -2.35. The minimum absolute atomic E-state index is 0.00547. The van der Waals surface area contributed by atoms with Crippen molar-refractivity contribution < 1.29 is 39.6 Å². The molecule has 0 aromatic rings. The molecule has 128 heavy (non-hydrogen) atoms. The van der Waals surface area contributed by atoms with E-state index in [9.17, 15) is 39.6 Å². The summed E-state index contributed by atoms with van der Waals surface area (Å²) in [5, 5.41) is 40.3. The highest BCUT2D eigenvalue weighted by Crippen LogP contribution is 2.46. The fourth-order valence-corrected chi connectivity index (χ4v) is 17.0. The van der Waals surface area contributed by atoms with Gasteiger partial charge in [0.05, 0.1) is 12.2 Å². The van der Waals surface area contributed by atoms with Crippen molar-refractivity contribution in [2.24, 2.45) is 32.5 Å². The Hall–Kier alpha value is -10.1. The molecule has 0 radical (unpaired) electrons. The summed E-state index contributed by atoms with van der Waals surface area (Å²) < 4.78 is 0. The molecule has 0 fully saturated rings. The Labute approximate surface area is 775 Å².